The number of pyridine rings is 2. The predicted octanol–water partition coefficient (Wildman–Crippen LogP) is 8.81. The van der Waals surface area contributed by atoms with Crippen molar-refractivity contribution < 1.29 is 4.42 Å². The maximum atomic E-state index is 6.37. The summed E-state index contributed by atoms with van der Waals surface area (Å²) in [7, 11) is 0. The first-order valence-corrected chi connectivity index (χ1v) is 12.7. The van der Waals surface area contributed by atoms with E-state index < -0.39 is 0 Å². The van der Waals surface area contributed by atoms with Gasteiger partial charge in [0.05, 0.1) is 22.9 Å². The average Bonchev–Trinajstić information content (AvgIpc) is 3.53. The van der Waals surface area contributed by atoms with Gasteiger partial charge in [0.15, 0.2) is 5.58 Å². The summed E-state index contributed by atoms with van der Waals surface area (Å²) in [5, 5.41) is 4.61. The van der Waals surface area contributed by atoms with Crippen LogP contribution in [-0.4, -0.2) is 14.5 Å². The van der Waals surface area contributed by atoms with E-state index in [0.29, 0.717) is 0 Å². The van der Waals surface area contributed by atoms with Crippen LogP contribution in [-0.2, 0) is 0 Å². The molecule has 0 saturated carbocycles. The van der Waals surface area contributed by atoms with E-state index in [1.165, 1.54) is 10.8 Å². The number of para-hydroxylation sites is 3. The minimum Gasteiger partial charge on any atom is -0.454 e. The van der Waals surface area contributed by atoms with Crippen molar-refractivity contribution in [3.05, 3.63) is 128 Å². The molecule has 0 atom stereocenters. The van der Waals surface area contributed by atoms with Gasteiger partial charge in [0.2, 0.25) is 0 Å². The average molecular weight is 488 g/mol. The lowest BCUT2D eigenvalue weighted by molar-refractivity contribution is 0.668. The number of hydrogen-bond acceptors (Lipinski definition) is 3. The Kier molecular flexibility index (Phi) is 4.49. The Morgan fingerprint density at radius 3 is 1.97 bits per heavy atom. The van der Waals surface area contributed by atoms with E-state index in [4.69, 9.17) is 9.40 Å². The third-order valence-electron chi connectivity index (χ3n) is 7.39. The molecular weight excluding hydrogens is 466 g/mol. The number of hydrogen-bond donors (Lipinski definition) is 0. The fourth-order valence-corrected chi connectivity index (χ4v) is 5.74. The van der Waals surface area contributed by atoms with Gasteiger partial charge in [-0.05, 0) is 35.9 Å². The van der Waals surface area contributed by atoms with Crippen LogP contribution in [0.15, 0.2) is 132 Å². The molecule has 38 heavy (non-hydrogen) atoms. The van der Waals surface area contributed by atoms with Crippen LogP contribution < -0.4 is 0 Å². The van der Waals surface area contributed by atoms with E-state index in [1.807, 2.05) is 42.9 Å². The fraction of sp³-hybridized carbons (Fsp3) is 0. The first-order chi connectivity index (χ1) is 18.9. The molecule has 0 amide bonds. The molecule has 4 aromatic heterocycles. The van der Waals surface area contributed by atoms with E-state index in [2.05, 4.69) is 94.5 Å². The summed E-state index contributed by atoms with van der Waals surface area (Å²) in [6.07, 6.45) is 5.69. The normalized spacial score (nSPS) is 11.7. The summed E-state index contributed by atoms with van der Waals surface area (Å²) in [5.74, 6) is 0. The largest absolute Gasteiger partial charge is 0.454 e. The lowest BCUT2D eigenvalue weighted by Crippen LogP contribution is -1.99. The zero-order chi connectivity index (χ0) is 25.1. The summed E-state index contributed by atoms with van der Waals surface area (Å²) in [4.78, 5) is 9.40. The summed E-state index contributed by atoms with van der Waals surface area (Å²) in [5.41, 5.74) is 9.00. The van der Waals surface area contributed by atoms with Gasteiger partial charge < -0.3 is 8.98 Å². The molecule has 4 nitrogen and oxygen atoms in total. The molecule has 4 aromatic carbocycles. The lowest BCUT2D eigenvalue weighted by atomic mass is 9.96. The van der Waals surface area contributed by atoms with E-state index >= 15 is 0 Å². The van der Waals surface area contributed by atoms with E-state index in [0.717, 1.165) is 61.0 Å². The van der Waals surface area contributed by atoms with Gasteiger partial charge in [0.1, 0.15) is 11.3 Å². The minimum atomic E-state index is 0.800. The Hall–Kier alpha value is -5.22. The quantitative estimate of drug-likeness (QED) is 0.250. The SMILES string of the molecule is c1ccc(-c2nccc3c2oc2ccccc23)c(-c2ccncc2-n2c3ccccc3c3ccccc32)c1. The van der Waals surface area contributed by atoms with Gasteiger partial charge >= 0.3 is 0 Å². The van der Waals surface area contributed by atoms with Crippen LogP contribution in [0.25, 0.3) is 71.8 Å². The Labute approximate surface area is 218 Å². The number of benzene rings is 4. The van der Waals surface area contributed by atoms with Gasteiger partial charge in [-0.2, -0.15) is 0 Å². The van der Waals surface area contributed by atoms with Crippen molar-refractivity contribution in [1.29, 1.82) is 0 Å². The van der Waals surface area contributed by atoms with Gasteiger partial charge in [0, 0.05) is 45.1 Å². The van der Waals surface area contributed by atoms with Gasteiger partial charge in [-0.25, -0.2) is 0 Å². The molecular formula is C34H21N3O. The number of nitrogens with zero attached hydrogens (tertiary/aromatic N) is 3. The van der Waals surface area contributed by atoms with Gasteiger partial charge in [0.25, 0.3) is 0 Å². The summed E-state index contributed by atoms with van der Waals surface area (Å²) >= 11 is 0. The van der Waals surface area contributed by atoms with Gasteiger partial charge in [-0.15, -0.1) is 0 Å². The van der Waals surface area contributed by atoms with Crippen LogP contribution in [0, 0.1) is 0 Å². The molecule has 178 valence electrons. The number of furan rings is 1. The second-order valence-corrected chi connectivity index (χ2v) is 9.44. The molecule has 0 radical (unpaired) electrons. The highest BCUT2D eigenvalue weighted by molar-refractivity contribution is 6.11. The third kappa shape index (κ3) is 2.98. The molecule has 0 saturated heterocycles. The smallest absolute Gasteiger partial charge is 0.161 e. The van der Waals surface area contributed by atoms with Crippen LogP contribution in [0.2, 0.25) is 0 Å². The topological polar surface area (TPSA) is 43.9 Å². The number of aromatic nitrogens is 3. The first kappa shape index (κ1) is 20.9. The third-order valence-corrected chi connectivity index (χ3v) is 7.39. The molecule has 4 heterocycles. The zero-order valence-electron chi connectivity index (χ0n) is 20.4. The molecule has 8 rings (SSSR count). The van der Waals surface area contributed by atoms with Crippen molar-refractivity contribution in [2.75, 3.05) is 0 Å². The number of rotatable bonds is 3. The second-order valence-electron chi connectivity index (χ2n) is 9.44. The van der Waals surface area contributed by atoms with Crippen LogP contribution in [0.1, 0.15) is 0 Å². The van der Waals surface area contributed by atoms with Crippen LogP contribution in [0.4, 0.5) is 0 Å². The monoisotopic (exact) mass is 487 g/mol. The van der Waals surface area contributed by atoms with Crippen molar-refractivity contribution in [2.24, 2.45) is 0 Å². The highest BCUT2D eigenvalue weighted by atomic mass is 16.3. The molecule has 0 spiro atoms. The molecule has 0 aliphatic carbocycles. The standard InChI is InChI=1S/C34H21N3O/c1-2-13-27(33-34-28(18-20-36-33)26-12-5-8-16-32(26)38-34)22(9-1)25-17-19-35-21-31(25)37-29-14-6-3-10-23(29)24-11-4-7-15-30(24)37/h1-21H. The molecule has 0 aliphatic rings. The molecule has 0 unspecified atom stereocenters. The summed E-state index contributed by atoms with van der Waals surface area (Å²) < 4.78 is 8.69. The van der Waals surface area contributed by atoms with E-state index in [9.17, 15) is 0 Å². The zero-order valence-corrected chi connectivity index (χ0v) is 20.4. The second kappa shape index (κ2) is 8.15. The summed E-state index contributed by atoms with van der Waals surface area (Å²) in [6.45, 7) is 0. The van der Waals surface area contributed by atoms with Crippen LogP contribution >= 0.6 is 0 Å². The molecule has 0 bridgehead atoms. The molecule has 0 aliphatic heterocycles. The fourth-order valence-electron chi connectivity index (χ4n) is 5.74. The van der Waals surface area contributed by atoms with E-state index in [-0.39, 0.29) is 0 Å². The molecule has 0 fully saturated rings. The van der Waals surface area contributed by atoms with Crippen molar-refractivity contribution in [1.82, 2.24) is 14.5 Å². The number of fused-ring (bicyclic) bond motifs is 6. The van der Waals surface area contributed by atoms with E-state index in [1.54, 1.807) is 0 Å². The van der Waals surface area contributed by atoms with Crippen LogP contribution in [0.3, 0.4) is 0 Å². The lowest BCUT2D eigenvalue weighted by Gasteiger charge is -2.16. The van der Waals surface area contributed by atoms with Crippen molar-refractivity contribution in [3.8, 4) is 28.1 Å². The van der Waals surface area contributed by atoms with Crippen molar-refractivity contribution in [3.63, 3.8) is 0 Å². The molecule has 4 heteroatoms. The highest BCUT2D eigenvalue weighted by Crippen LogP contribution is 2.41. The Morgan fingerprint density at radius 1 is 0.526 bits per heavy atom. The first-order valence-electron chi connectivity index (χ1n) is 12.7. The van der Waals surface area contributed by atoms with Crippen molar-refractivity contribution in [2.45, 2.75) is 0 Å². The Bertz CT molecular complexity index is 2100. The summed E-state index contributed by atoms with van der Waals surface area (Å²) in [6, 6.07) is 37.8. The van der Waals surface area contributed by atoms with Gasteiger partial charge in [-0.1, -0.05) is 78.9 Å². The highest BCUT2D eigenvalue weighted by Gasteiger charge is 2.20. The van der Waals surface area contributed by atoms with Gasteiger partial charge in [-0.3, -0.25) is 9.97 Å². The maximum Gasteiger partial charge on any atom is 0.161 e. The molecule has 8 aromatic rings. The minimum absolute atomic E-state index is 0.800. The molecule has 0 N–H and O–H groups in total. The Morgan fingerprint density at radius 2 is 1.18 bits per heavy atom. The van der Waals surface area contributed by atoms with Crippen LogP contribution in [0.5, 0.6) is 0 Å². The predicted molar refractivity (Wildman–Crippen MR) is 155 cm³/mol. The Balaban J connectivity index is 1.43. The maximum absolute atomic E-state index is 6.37. The van der Waals surface area contributed by atoms with Crippen molar-refractivity contribution >= 4 is 43.7 Å².